The van der Waals surface area contributed by atoms with E-state index in [2.05, 4.69) is 88.6 Å². The van der Waals surface area contributed by atoms with Crippen LogP contribution in [0, 0.1) is 11.3 Å². The van der Waals surface area contributed by atoms with E-state index in [1.54, 1.807) is 19.2 Å². The van der Waals surface area contributed by atoms with Crippen molar-refractivity contribution in [1.82, 2.24) is 40.1 Å². The molecule has 0 spiro atoms. The molecular formula is C57H80N8O9S. The van der Waals surface area contributed by atoms with Gasteiger partial charge in [0.1, 0.15) is 17.2 Å². The van der Waals surface area contributed by atoms with Crippen LogP contribution in [0.5, 0.6) is 0 Å². The molecule has 3 aromatic heterocycles. The number of thiazole rings is 1. The molecule has 8 heterocycles. The molecule has 0 bridgehead atoms. The Morgan fingerprint density at radius 2 is 1.84 bits per heavy atom. The third-order valence-corrected chi connectivity index (χ3v) is 17.7. The molecule has 5 atom stereocenters. The number of amides is 2. The van der Waals surface area contributed by atoms with E-state index in [0.717, 1.165) is 107 Å². The molecule has 5 unspecified atom stereocenters. The number of benzene rings is 1. The summed E-state index contributed by atoms with van der Waals surface area (Å²) in [4.78, 5) is 56.1. The lowest BCUT2D eigenvalue weighted by Gasteiger charge is -2.51. The van der Waals surface area contributed by atoms with E-state index in [1.165, 1.54) is 29.7 Å². The van der Waals surface area contributed by atoms with Crippen LogP contribution in [0.1, 0.15) is 126 Å². The molecule has 0 radical (unpaired) electrons. The summed E-state index contributed by atoms with van der Waals surface area (Å²) < 4.78 is 38.1. The molecule has 6 fully saturated rings. The smallest absolute Gasteiger partial charge is 0.293 e. The first-order valence-electron chi connectivity index (χ1n) is 27.7. The van der Waals surface area contributed by atoms with E-state index < -0.39 is 29.2 Å². The number of ether oxygens (including phenoxy) is 6. The Morgan fingerprint density at radius 3 is 2.51 bits per heavy atom. The van der Waals surface area contributed by atoms with Crippen LogP contribution in [-0.2, 0) is 55.8 Å². The number of fused-ring (bicyclic) bond motifs is 1. The lowest BCUT2D eigenvalue weighted by Crippen LogP contribution is -2.68. The Labute approximate surface area is 446 Å². The number of piperidine rings is 1. The van der Waals surface area contributed by atoms with Crippen LogP contribution < -0.4 is 10.7 Å². The number of carbonyl (C=O) groups is 3. The van der Waals surface area contributed by atoms with Gasteiger partial charge in [0, 0.05) is 111 Å². The minimum absolute atomic E-state index is 0.0440. The van der Waals surface area contributed by atoms with Gasteiger partial charge in [-0.1, -0.05) is 26.8 Å². The van der Waals surface area contributed by atoms with E-state index >= 15 is 0 Å². The summed E-state index contributed by atoms with van der Waals surface area (Å²) in [5.41, 5.74) is 10.5. The second-order valence-electron chi connectivity index (χ2n) is 23.2. The molecule has 2 amide bonds. The number of hydrazine groups is 1. The number of likely N-dealkylation sites (tertiary alicyclic amines) is 2. The first-order valence-corrected chi connectivity index (χ1v) is 28.5. The summed E-state index contributed by atoms with van der Waals surface area (Å²) in [6.45, 7) is 18.7. The molecule has 1 saturated carbocycles. The molecule has 6 aliphatic rings. The molecule has 408 valence electrons. The maximum Gasteiger partial charge on any atom is 0.293 e. The summed E-state index contributed by atoms with van der Waals surface area (Å²) in [5, 5.41) is 8.71. The standard InChI is InChI=1S/C57H80N8O9S/c1-36-30-74-52(36)53(67)61-49(55(68)65-19-9-8-18-59-65)51(63-32-57(5,33-63)70-7)54-60-46(31-75-54)39-10-13-47-43(26-39)45(28-56(3,4)34-72-35-66)50(64(47)22-25-73-42-16-23-71-24-17-42)44-27-40(29-58-48(44)37(2)69-6)38-14-20-62(21-15-38)41-11-12-41/h10,13,26-27,29,31,35-38,41-42,49,51-52,59H,8-9,11-12,14-25,28,30,32-34H2,1-7H3,(H,61,67). The van der Waals surface area contributed by atoms with Gasteiger partial charge in [-0.25, -0.2) is 10.4 Å². The number of carbonyl (C=O) groups excluding carboxylic acids is 3. The van der Waals surface area contributed by atoms with Crippen molar-refractivity contribution in [2.45, 2.75) is 147 Å². The topological polar surface area (TPSA) is 171 Å². The SMILES string of the molecule is COC(C)c1ncc(C2CCN(C3CC3)CC2)cc1-c1c(CC(C)(C)COC=O)c2cc(-c3csc(C(C(NC(=O)C4OCC4C)C(=O)N4CCCCN4)N4CC(C)(OC)C4)n3)ccc2n1CCOC1CCOCC1. The van der Waals surface area contributed by atoms with Crippen molar-refractivity contribution >= 4 is 40.5 Å². The summed E-state index contributed by atoms with van der Waals surface area (Å²) in [6, 6.07) is 8.22. The highest BCUT2D eigenvalue weighted by Crippen LogP contribution is 2.45. The molecule has 10 rings (SSSR count). The van der Waals surface area contributed by atoms with Gasteiger partial charge in [0.2, 0.25) is 5.91 Å². The molecule has 2 N–H and O–H groups in total. The van der Waals surface area contributed by atoms with Crippen LogP contribution in [0.15, 0.2) is 35.8 Å². The van der Waals surface area contributed by atoms with E-state index in [1.807, 2.05) is 6.92 Å². The fourth-order valence-corrected chi connectivity index (χ4v) is 13.1. The second kappa shape index (κ2) is 23.3. The summed E-state index contributed by atoms with van der Waals surface area (Å²) in [5.74, 6) is -0.0600. The normalized spacial score (nSPS) is 23.3. The van der Waals surface area contributed by atoms with Crippen LogP contribution >= 0.6 is 11.3 Å². The van der Waals surface area contributed by atoms with Crippen LogP contribution in [0.2, 0.25) is 0 Å². The van der Waals surface area contributed by atoms with Crippen molar-refractivity contribution < 1.29 is 42.8 Å². The number of nitrogens with zero attached hydrogens (tertiary/aromatic N) is 6. The van der Waals surface area contributed by atoms with Gasteiger partial charge in [0.05, 0.1) is 60.8 Å². The zero-order valence-electron chi connectivity index (χ0n) is 45.3. The number of rotatable bonds is 22. The predicted molar refractivity (Wildman–Crippen MR) is 287 cm³/mol. The molecule has 17 nitrogen and oxygen atoms in total. The Kier molecular flexibility index (Phi) is 16.8. The third kappa shape index (κ3) is 11.9. The fourth-order valence-electron chi connectivity index (χ4n) is 12.1. The maximum absolute atomic E-state index is 14.8. The summed E-state index contributed by atoms with van der Waals surface area (Å²) in [7, 11) is 3.46. The van der Waals surface area contributed by atoms with Crippen LogP contribution in [-0.4, -0.2) is 164 Å². The highest BCUT2D eigenvalue weighted by molar-refractivity contribution is 7.10. The zero-order valence-corrected chi connectivity index (χ0v) is 46.1. The van der Waals surface area contributed by atoms with Crippen molar-refractivity contribution in [2.75, 3.05) is 86.5 Å². The summed E-state index contributed by atoms with van der Waals surface area (Å²) in [6.07, 6.45) is 10.3. The average molecular weight is 1050 g/mol. The van der Waals surface area contributed by atoms with Gasteiger partial charge in [-0.2, -0.15) is 0 Å². The van der Waals surface area contributed by atoms with Gasteiger partial charge >= 0.3 is 0 Å². The molecule has 1 aromatic carbocycles. The molecule has 5 saturated heterocycles. The Morgan fingerprint density at radius 1 is 1.05 bits per heavy atom. The van der Waals surface area contributed by atoms with Crippen molar-refractivity contribution in [3.8, 4) is 22.5 Å². The first-order chi connectivity index (χ1) is 36.3. The van der Waals surface area contributed by atoms with Crippen molar-refractivity contribution in [3.05, 3.63) is 57.7 Å². The van der Waals surface area contributed by atoms with Gasteiger partial charge in [-0.15, -0.1) is 11.3 Å². The third-order valence-electron chi connectivity index (χ3n) is 16.8. The van der Waals surface area contributed by atoms with E-state index in [-0.39, 0.29) is 36.5 Å². The van der Waals surface area contributed by atoms with E-state index in [0.29, 0.717) is 78.0 Å². The number of aromatic nitrogens is 3. The maximum atomic E-state index is 14.8. The minimum Gasteiger partial charge on any atom is -0.467 e. The van der Waals surface area contributed by atoms with Gasteiger partial charge < -0.3 is 43.2 Å². The van der Waals surface area contributed by atoms with Gasteiger partial charge in [-0.3, -0.25) is 29.3 Å². The van der Waals surface area contributed by atoms with Crippen molar-refractivity contribution in [2.24, 2.45) is 11.3 Å². The monoisotopic (exact) mass is 1050 g/mol. The number of hydrogen-bond donors (Lipinski definition) is 2. The summed E-state index contributed by atoms with van der Waals surface area (Å²) >= 11 is 1.50. The first kappa shape index (κ1) is 54.0. The van der Waals surface area contributed by atoms with Crippen molar-refractivity contribution in [3.63, 3.8) is 0 Å². The van der Waals surface area contributed by atoms with Crippen molar-refractivity contribution in [1.29, 1.82) is 0 Å². The number of nitrogens with one attached hydrogen (secondary N) is 2. The van der Waals surface area contributed by atoms with Gasteiger partial charge in [0.15, 0.2) is 0 Å². The lowest BCUT2D eigenvalue weighted by molar-refractivity contribution is -0.165. The Balaban J connectivity index is 1.09. The van der Waals surface area contributed by atoms with E-state index in [4.69, 9.17) is 38.4 Å². The fraction of sp³-hybridized carbons (Fsp3) is 0.667. The Hall–Kier alpha value is -4.37. The van der Waals surface area contributed by atoms with Crippen LogP contribution in [0.4, 0.5) is 0 Å². The molecule has 75 heavy (non-hydrogen) atoms. The van der Waals surface area contributed by atoms with Gasteiger partial charge in [0.25, 0.3) is 12.4 Å². The number of pyridine rings is 1. The molecule has 18 heteroatoms. The van der Waals surface area contributed by atoms with E-state index in [9.17, 15) is 14.4 Å². The predicted octanol–water partition coefficient (Wildman–Crippen LogP) is 7.22. The second-order valence-corrected chi connectivity index (χ2v) is 24.0. The largest absolute Gasteiger partial charge is 0.467 e. The highest BCUT2D eigenvalue weighted by atomic mass is 32.1. The van der Waals surface area contributed by atoms with Crippen LogP contribution in [0.25, 0.3) is 33.4 Å². The average Bonchev–Trinajstić information content (AvgIpc) is 4.10. The molecular weight excluding hydrogens is 973 g/mol. The Bertz CT molecular complexity index is 2630. The lowest BCUT2D eigenvalue weighted by atomic mass is 9.83. The number of hydrogen-bond acceptors (Lipinski definition) is 15. The van der Waals surface area contributed by atoms with Gasteiger partial charge in [-0.05, 0) is 120 Å². The minimum atomic E-state index is -0.941. The molecule has 4 aromatic rings. The quantitative estimate of drug-likeness (QED) is 0.0757. The van der Waals surface area contributed by atoms with Crippen LogP contribution in [0.3, 0.4) is 0 Å². The molecule has 1 aliphatic carbocycles. The zero-order chi connectivity index (χ0) is 52.4. The highest BCUT2D eigenvalue weighted by Gasteiger charge is 2.50. The number of methoxy groups -OCH3 is 2. The molecule has 5 aliphatic heterocycles.